The normalized spacial score (nSPS) is 39.8. The van der Waals surface area contributed by atoms with Gasteiger partial charge in [0.15, 0.2) is 0 Å². The number of fused-ring (bicyclic) bond motifs is 2. The van der Waals surface area contributed by atoms with E-state index < -0.39 is 0 Å². The smallest absolute Gasteiger partial charge is 0.0334 e. The molecule has 0 aromatic carbocycles. The highest BCUT2D eigenvalue weighted by Gasteiger charge is 2.40. The van der Waals surface area contributed by atoms with Crippen molar-refractivity contribution >= 4 is 0 Å². The molecule has 0 radical (unpaired) electrons. The van der Waals surface area contributed by atoms with E-state index in [0.717, 1.165) is 35.5 Å². The average molecular weight is 375 g/mol. The summed E-state index contributed by atoms with van der Waals surface area (Å²) in [5, 5.41) is 0. The molecule has 0 aromatic heterocycles. The fourth-order valence-electron chi connectivity index (χ4n) is 7.50. The lowest BCUT2D eigenvalue weighted by Crippen LogP contribution is -2.37. The molecule has 0 amide bonds. The van der Waals surface area contributed by atoms with Crippen molar-refractivity contribution in [1.82, 2.24) is 0 Å². The molecule has 0 heterocycles. The van der Waals surface area contributed by atoms with Gasteiger partial charge in [-0.25, -0.2) is 0 Å². The predicted octanol–water partition coefficient (Wildman–Crippen LogP) is 8.89. The number of rotatable bonds is 0. The van der Waals surface area contributed by atoms with E-state index in [-0.39, 0.29) is 0 Å². The van der Waals surface area contributed by atoms with Crippen molar-refractivity contribution in [3.63, 3.8) is 0 Å². The quantitative estimate of drug-likeness (QED) is 0.397. The molecule has 0 spiro atoms. The van der Waals surface area contributed by atoms with E-state index in [2.05, 4.69) is 41.5 Å². The predicted molar refractivity (Wildman–Crippen MR) is 120 cm³/mol. The molecule has 27 heavy (non-hydrogen) atoms. The molecule has 4 aliphatic rings. The van der Waals surface area contributed by atoms with Gasteiger partial charge in [0, 0.05) is 0 Å². The maximum absolute atomic E-state index is 2.45. The van der Waals surface area contributed by atoms with Crippen molar-refractivity contribution in [3.05, 3.63) is 0 Å². The van der Waals surface area contributed by atoms with Crippen LogP contribution >= 0.6 is 0 Å². The van der Waals surface area contributed by atoms with Gasteiger partial charge in [0.1, 0.15) is 0 Å². The van der Waals surface area contributed by atoms with Crippen LogP contribution in [0.2, 0.25) is 0 Å². The summed E-state index contributed by atoms with van der Waals surface area (Å²) in [6.07, 6.45) is 19.8. The molecule has 0 aromatic rings. The molecular formula is C27H50. The van der Waals surface area contributed by atoms with E-state index in [4.69, 9.17) is 0 Å². The van der Waals surface area contributed by atoms with E-state index in [1.54, 1.807) is 6.42 Å². The lowest BCUT2D eigenvalue weighted by atomic mass is 9.59. The van der Waals surface area contributed by atoms with Gasteiger partial charge in [0.2, 0.25) is 0 Å². The Labute approximate surface area is 171 Å². The minimum absolute atomic E-state index is 0.556. The highest BCUT2D eigenvalue weighted by atomic mass is 14.5. The van der Waals surface area contributed by atoms with Crippen LogP contribution in [0.25, 0.3) is 0 Å². The second-order valence-electron chi connectivity index (χ2n) is 12.9. The Morgan fingerprint density at radius 3 is 1.78 bits per heavy atom. The standard InChI is InChI=1S/C14H26.C13H24/c1-14(2,3)13-10-6-8-11-7-4-5-9-12(11)13;1-13(2,3)12-8-7-10-5-4-6-11(10)9-12/h11-13H,4-10H2,1-3H3;10-12H,4-9H2,1-3H3. The van der Waals surface area contributed by atoms with Gasteiger partial charge in [0.25, 0.3) is 0 Å². The van der Waals surface area contributed by atoms with Crippen molar-refractivity contribution in [2.45, 2.75) is 125 Å². The average Bonchev–Trinajstić information content (AvgIpc) is 3.08. The van der Waals surface area contributed by atoms with Crippen LogP contribution in [0.15, 0.2) is 0 Å². The number of hydrogen-bond donors (Lipinski definition) is 0. The molecular weight excluding hydrogens is 324 g/mol. The second kappa shape index (κ2) is 8.79. The van der Waals surface area contributed by atoms with E-state index in [1.807, 2.05) is 0 Å². The molecule has 0 saturated heterocycles. The highest BCUT2D eigenvalue weighted by molar-refractivity contribution is 4.90. The molecule has 4 rings (SSSR count). The monoisotopic (exact) mass is 374 g/mol. The van der Waals surface area contributed by atoms with Crippen molar-refractivity contribution < 1.29 is 0 Å². The van der Waals surface area contributed by atoms with Crippen molar-refractivity contribution in [2.75, 3.05) is 0 Å². The molecule has 0 aliphatic heterocycles. The third kappa shape index (κ3) is 5.54. The Morgan fingerprint density at radius 2 is 1.07 bits per heavy atom. The maximum atomic E-state index is 2.45. The third-order valence-corrected chi connectivity index (χ3v) is 9.20. The fourth-order valence-corrected chi connectivity index (χ4v) is 7.50. The number of hydrogen-bond acceptors (Lipinski definition) is 0. The highest BCUT2D eigenvalue weighted by Crippen LogP contribution is 2.50. The Morgan fingerprint density at radius 1 is 0.481 bits per heavy atom. The molecule has 158 valence electrons. The van der Waals surface area contributed by atoms with Crippen molar-refractivity contribution in [1.29, 1.82) is 0 Å². The van der Waals surface area contributed by atoms with E-state index in [0.29, 0.717) is 10.8 Å². The summed E-state index contributed by atoms with van der Waals surface area (Å²) in [4.78, 5) is 0. The Kier molecular flexibility index (Phi) is 7.06. The van der Waals surface area contributed by atoms with Gasteiger partial charge in [-0.15, -0.1) is 0 Å². The first kappa shape index (κ1) is 21.7. The zero-order chi connectivity index (χ0) is 19.7. The van der Waals surface area contributed by atoms with Crippen LogP contribution in [0.5, 0.6) is 0 Å². The van der Waals surface area contributed by atoms with Crippen LogP contribution < -0.4 is 0 Å². The molecule has 0 bridgehead atoms. The molecule has 0 heteroatoms. The van der Waals surface area contributed by atoms with Crippen LogP contribution in [-0.2, 0) is 0 Å². The van der Waals surface area contributed by atoms with E-state index in [1.165, 1.54) is 77.0 Å². The summed E-state index contributed by atoms with van der Waals surface area (Å²) in [6, 6.07) is 0. The first-order valence-corrected chi connectivity index (χ1v) is 12.7. The first-order valence-electron chi connectivity index (χ1n) is 12.7. The van der Waals surface area contributed by atoms with Gasteiger partial charge in [-0.1, -0.05) is 92.9 Å². The minimum Gasteiger partial charge on any atom is -0.0599 e. The van der Waals surface area contributed by atoms with Crippen LogP contribution in [-0.4, -0.2) is 0 Å². The van der Waals surface area contributed by atoms with Gasteiger partial charge in [0.05, 0.1) is 0 Å². The lowest BCUT2D eigenvalue weighted by molar-refractivity contribution is 0.0331. The van der Waals surface area contributed by atoms with Crippen LogP contribution in [0.4, 0.5) is 0 Å². The SMILES string of the molecule is CC(C)(C)C1CCC2CCCC2C1.CC(C)(C)C1CCCC2CCCCC21. The summed E-state index contributed by atoms with van der Waals surface area (Å²) in [5.74, 6) is 6.43. The fraction of sp³-hybridized carbons (Fsp3) is 1.00. The third-order valence-electron chi connectivity index (χ3n) is 9.20. The molecule has 0 nitrogen and oxygen atoms in total. The van der Waals surface area contributed by atoms with Crippen molar-refractivity contribution in [2.24, 2.45) is 46.3 Å². The summed E-state index contributed by atoms with van der Waals surface area (Å²) < 4.78 is 0. The second-order valence-corrected chi connectivity index (χ2v) is 12.9. The largest absolute Gasteiger partial charge is 0.0599 e. The van der Waals surface area contributed by atoms with Crippen LogP contribution in [0, 0.1) is 46.3 Å². The minimum atomic E-state index is 0.556. The topological polar surface area (TPSA) is 0 Å². The van der Waals surface area contributed by atoms with E-state index in [9.17, 15) is 0 Å². The Balaban J connectivity index is 0.000000156. The van der Waals surface area contributed by atoms with E-state index >= 15 is 0 Å². The summed E-state index contributed by atoms with van der Waals surface area (Å²) in [5.41, 5.74) is 1.12. The molecule has 0 N–H and O–H groups in total. The molecule has 4 fully saturated rings. The van der Waals surface area contributed by atoms with Gasteiger partial charge in [-0.3, -0.25) is 0 Å². The van der Waals surface area contributed by atoms with Gasteiger partial charge in [-0.05, 0) is 78.4 Å². The van der Waals surface area contributed by atoms with Crippen LogP contribution in [0.3, 0.4) is 0 Å². The zero-order valence-corrected chi connectivity index (χ0v) is 19.7. The molecule has 6 unspecified atom stereocenters. The zero-order valence-electron chi connectivity index (χ0n) is 19.7. The Bertz CT molecular complexity index is 446. The van der Waals surface area contributed by atoms with Gasteiger partial charge in [-0.2, -0.15) is 0 Å². The summed E-state index contributed by atoms with van der Waals surface area (Å²) >= 11 is 0. The summed E-state index contributed by atoms with van der Waals surface area (Å²) in [7, 11) is 0. The van der Waals surface area contributed by atoms with Crippen LogP contribution in [0.1, 0.15) is 125 Å². The summed E-state index contributed by atoms with van der Waals surface area (Å²) in [6.45, 7) is 14.6. The molecule has 6 atom stereocenters. The lowest BCUT2D eigenvalue weighted by Gasteiger charge is -2.47. The van der Waals surface area contributed by atoms with Crippen molar-refractivity contribution in [3.8, 4) is 0 Å². The van der Waals surface area contributed by atoms with Gasteiger partial charge < -0.3 is 0 Å². The molecule has 4 aliphatic carbocycles. The molecule has 4 saturated carbocycles. The Hall–Kier alpha value is 0. The maximum Gasteiger partial charge on any atom is -0.0334 e. The first-order chi connectivity index (χ1) is 12.7. The van der Waals surface area contributed by atoms with Gasteiger partial charge >= 0.3 is 0 Å².